The molecule has 22 heavy (non-hydrogen) atoms. The van der Waals surface area contributed by atoms with Crippen LogP contribution in [0.25, 0.3) is 0 Å². The van der Waals surface area contributed by atoms with Crippen LogP contribution in [0.1, 0.15) is 35.4 Å². The molecule has 1 aliphatic heterocycles. The van der Waals surface area contributed by atoms with Crippen molar-refractivity contribution in [3.8, 4) is 0 Å². The Hall–Kier alpha value is -1.65. The first-order valence-electron chi connectivity index (χ1n) is 8.22. The number of hydrogen-bond donors (Lipinski definition) is 2. The number of likely N-dealkylation sites (tertiary alicyclic amines) is 1. The van der Waals surface area contributed by atoms with Crippen molar-refractivity contribution in [3.05, 3.63) is 52.8 Å². The molecular formula is C18H26N4. The van der Waals surface area contributed by atoms with Gasteiger partial charge < -0.3 is 5.32 Å². The molecule has 1 unspecified atom stereocenters. The summed E-state index contributed by atoms with van der Waals surface area (Å²) in [6.07, 6.45) is 2.54. The number of benzene rings is 1. The van der Waals surface area contributed by atoms with Crippen molar-refractivity contribution in [2.45, 2.75) is 45.8 Å². The van der Waals surface area contributed by atoms with Gasteiger partial charge in [0.25, 0.3) is 0 Å². The number of nitrogens with zero attached hydrogens (tertiary/aromatic N) is 2. The average molecular weight is 298 g/mol. The third-order valence-electron chi connectivity index (χ3n) is 4.60. The molecule has 0 aliphatic carbocycles. The minimum absolute atomic E-state index is 0.575. The molecule has 0 radical (unpaired) electrons. The van der Waals surface area contributed by atoms with Gasteiger partial charge in [0.15, 0.2) is 0 Å². The summed E-state index contributed by atoms with van der Waals surface area (Å²) in [4.78, 5) is 2.56. The Morgan fingerprint density at radius 3 is 2.82 bits per heavy atom. The Labute approximate surface area is 132 Å². The Morgan fingerprint density at radius 1 is 1.27 bits per heavy atom. The fourth-order valence-electron chi connectivity index (χ4n) is 3.29. The van der Waals surface area contributed by atoms with Crippen LogP contribution in [0.15, 0.2) is 30.3 Å². The van der Waals surface area contributed by atoms with Crippen molar-refractivity contribution in [3.63, 3.8) is 0 Å². The maximum atomic E-state index is 4.28. The number of rotatable bonds is 5. The normalized spacial score (nSPS) is 19.5. The molecule has 1 aliphatic rings. The summed E-state index contributed by atoms with van der Waals surface area (Å²) >= 11 is 0. The number of aryl methyl sites for hydroxylation is 2. The molecule has 4 nitrogen and oxygen atoms in total. The molecule has 4 heteroatoms. The van der Waals surface area contributed by atoms with E-state index in [0.717, 1.165) is 25.3 Å². The number of aromatic nitrogens is 2. The first-order chi connectivity index (χ1) is 10.7. The minimum atomic E-state index is 0.575. The number of piperidine rings is 1. The fraction of sp³-hybridized carbons (Fsp3) is 0.500. The molecular weight excluding hydrogens is 272 g/mol. The van der Waals surface area contributed by atoms with Gasteiger partial charge in [-0.1, -0.05) is 30.3 Å². The molecule has 118 valence electrons. The molecule has 1 saturated heterocycles. The quantitative estimate of drug-likeness (QED) is 0.892. The van der Waals surface area contributed by atoms with Crippen LogP contribution < -0.4 is 5.32 Å². The highest BCUT2D eigenvalue weighted by molar-refractivity contribution is 5.22. The van der Waals surface area contributed by atoms with Gasteiger partial charge in [-0.2, -0.15) is 5.10 Å². The third kappa shape index (κ3) is 3.76. The van der Waals surface area contributed by atoms with Crippen LogP contribution in [0.4, 0.5) is 0 Å². The maximum Gasteiger partial charge on any atom is 0.0638 e. The van der Waals surface area contributed by atoms with E-state index in [1.165, 1.54) is 36.2 Å². The van der Waals surface area contributed by atoms with Gasteiger partial charge in [-0.3, -0.25) is 10.00 Å². The Kier molecular flexibility index (Phi) is 4.90. The zero-order chi connectivity index (χ0) is 15.4. The molecule has 2 N–H and O–H groups in total. The number of nitrogens with one attached hydrogen (secondary N) is 2. The summed E-state index contributed by atoms with van der Waals surface area (Å²) in [5.41, 5.74) is 5.02. The fourth-order valence-corrected chi connectivity index (χ4v) is 3.29. The van der Waals surface area contributed by atoms with Crippen LogP contribution in [-0.4, -0.2) is 34.2 Å². The number of aromatic amines is 1. The zero-order valence-electron chi connectivity index (χ0n) is 13.6. The smallest absolute Gasteiger partial charge is 0.0638 e. The maximum absolute atomic E-state index is 4.28. The van der Waals surface area contributed by atoms with Gasteiger partial charge in [0.1, 0.15) is 0 Å². The highest BCUT2D eigenvalue weighted by Crippen LogP contribution is 2.15. The SMILES string of the molecule is Cc1n[nH]c(C)c1CNC1CCCN(Cc2ccccc2)C1. The predicted molar refractivity (Wildman–Crippen MR) is 89.6 cm³/mol. The van der Waals surface area contributed by atoms with Crippen molar-refractivity contribution in [1.29, 1.82) is 0 Å². The molecule has 1 aromatic heterocycles. The van der Waals surface area contributed by atoms with Gasteiger partial charge >= 0.3 is 0 Å². The lowest BCUT2D eigenvalue weighted by atomic mass is 10.0. The molecule has 2 aromatic rings. The lowest BCUT2D eigenvalue weighted by Gasteiger charge is -2.33. The molecule has 3 rings (SSSR count). The van der Waals surface area contributed by atoms with Gasteiger partial charge in [-0.15, -0.1) is 0 Å². The summed E-state index contributed by atoms with van der Waals surface area (Å²) in [5.74, 6) is 0. The monoisotopic (exact) mass is 298 g/mol. The minimum Gasteiger partial charge on any atom is -0.309 e. The lowest BCUT2D eigenvalue weighted by Crippen LogP contribution is -2.45. The molecule has 0 bridgehead atoms. The first kappa shape index (κ1) is 15.3. The third-order valence-corrected chi connectivity index (χ3v) is 4.60. The van der Waals surface area contributed by atoms with Gasteiger partial charge in [0.2, 0.25) is 0 Å². The molecule has 1 atom stereocenters. The van der Waals surface area contributed by atoms with E-state index in [9.17, 15) is 0 Å². The topological polar surface area (TPSA) is 44.0 Å². The van der Waals surface area contributed by atoms with Crippen LogP contribution in [0.5, 0.6) is 0 Å². The van der Waals surface area contributed by atoms with Crippen molar-refractivity contribution < 1.29 is 0 Å². The van der Waals surface area contributed by atoms with E-state index in [2.05, 4.69) is 64.6 Å². The first-order valence-corrected chi connectivity index (χ1v) is 8.22. The van der Waals surface area contributed by atoms with Crippen molar-refractivity contribution in [2.24, 2.45) is 0 Å². The second-order valence-corrected chi connectivity index (χ2v) is 6.35. The summed E-state index contributed by atoms with van der Waals surface area (Å²) in [5, 5.41) is 11.1. The number of H-pyrrole nitrogens is 1. The second-order valence-electron chi connectivity index (χ2n) is 6.35. The Balaban J connectivity index is 1.52. The largest absolute Gasteiger partial charge is 0.309 e. The summed E-state index contributed by atoms with van der Waals surface area (Å²) in [6, 6.07) is 11.3. The highest BCUT2D eigenvalue weighted by Gasteiger charge is 2.20. The van der Waals surface area contributed by atoms with Gasteiger partial charge in [-0.05, 0) is 38.8 Å². The predicted octanol–water partition coefficient (Wildman–Crippen LogP) is 2.78. The van der Waals surface area contributed by atoms with Crippen molar-refractivity contribution >= 4 is 0 Å². The van der Waals surface area contributed by atoms with Crippen LogP contribution in [0, 0.1) is 13.8 Å². The Morgan fingerprint density at radius 2 is 2.09 bits per heavy atom. The van der Waals surface area contributed by atoms with E-state index in [1.54, 1.807) is 0 Å². The van der Waals surface area contributed by atoms with Gasteiger partial charge in [0, 0.05) is 36.9 Å². The second kappa shape index (κ2) is 7.07. The standard InChI is InChI=1S/C18H26N4/c1-14-18(15(2)21-20-14)11-19-17-9-6-10-22(13-17)12-16-7-4-3-5-8-16/h3-5,7-8,17,19H,6,9-13H2,1-2H3,(H,20,21). The van der Waals surface area contributed by atoms with Crippen LogP contribution in [-0.2, 0) is 13.1 Å². The van der Waals surface area contributed by atoms with E-state index in [0.29, 0.717) is 6.04 Å². The molecule has 0 spiro atoms. The van der Waals surface area contributed by atoms with Crippen LogP contribution >= 0.6 is 0 Å². The molecule has 1 fully saturated rings. The van der Waals surface area contributed by atoms with E-state index in [-0.39, 0.29) is 0 Å². The van der Waals surface area contributed by atoms with Crippen molar-refractivity contribution in [2.75, 3.05) is 13.1 Å². The molecule has 0 amide bonds. The van der Waals surface area contributed by atoms with E-state index >= 15 is 0 Å². The van der Waals surface area contributed by atoms with Crippen molar-refractivity contribution in [1.82, 2.24) is 20.4 Å². The summed E-state index contributed by atoms with van der Waals surface area (Å²) < 4.78 is 0. The van der Waals surface area contributed by atoms with E-state index in [4.69, 9.17) is 0 Å². The van der Waals surface area contributed by atoms with E-state index in [1.807, 2.05) is 0 Å². The van der Waals surface area contributed by atoms with Crippen LogP contribution in [0.3, 0.4) is 0 Å². The Bertz CT molecular complexity index is 571. The molecule has 2 heterocycles. The highest BCUT2D eigenvalue weighted by atomic mass is 15.2. The van der Waals surface area contributed by atoms with Gasteiger partial charge in [0.05, 0.1) is 5.69 Å². The van der Waals surface area contributed by atoms with E-state index < -0.39 is 0 Å². The lowest BCUT2D eigenvalue weighted by molar-refractivity contribution is 0.182. The number of hydrogen-bond acceptors (Lipinski definition) is 3. The summed E-state index contributed by atoms with van der Waals surface area (Å²) in [7, 11) is 0. The average Bonchev–Trinajstić information content (AvgIpc) is 2.85. The molecule has 1 aromatic carbocycles. The van der Waals surface area contributed by atoms with Crippen LogP contribution in [0.2, 0.25) is 0 Å². The van der Waals surface area contributed by atoms with Gasteiger partial charge in [-0.25, -0.2) is 0 Å². The molecule has 0 saturated carbocycles. The zero-order valence-corrected chi connectivity index (χ0v) is 13.6. The summed E-state index contributed by atoms with van der Waals surface area (Å²) in [6.45, 7) is 8.48.